The Kier molecular flexibility index (Phi) is 5.51. The molecule has 9 heteroatoms. The molecule has 6 nitrogen and oxygen atoms in total. The van der Waals surface area contributed by atoms with Crippen LogP contribution in [0.5, 0.6) is 0 Å². The van der Waals surface area contributed by atoms with E-state index in [1.54, 1.807) is 11.3 Å². The summed E-state index contributed by atoms with van der Waals surface area (Å²) in [4.78, 5) is 21.0. The third kappa shape index (κ3) is 3.63. The Morgan fingerprint density at radius 3 is 3.10 bits per heavy atom. The van der Waals surface area contributed by atoms with Crippen LogP contribution in [-0.2, 0) is 30.6 Å². The molecule has 1 amide bonds. The van der Waals surface area contributed by atoms with Gasteiger partial charge in [0, 0.05) is 16.2 Å². The first kappa shape index (κ1) is 20.0. The molecule has 1 aliphatic carbocycles. The number of thioether (sulfide) groups is 1. The summed E-state index contributed by atoms with van der Waals surface area (Å²) in [5, 5.41) is 15.9. The molecule has 0 bridgehead atoms. The highest BCUT2D eigenvalue weighted by molar-refractivity contribution is 7.99. The number of nitrogens with zero attached hydrogens (tertiary/aromatic N) is 4. The molecule has 1 N–H and O–H groups in total. The van der Waals surface area contributed by atoms with Crippen LogP contribution in [0.2, 0.25) is 0 Å². The Balaban J connectivity index is 1.43. The Hall–Kier alpha value is -1.97. The highest BCUT2D eigenvalue weighted by Crippen LogP contribution is 2.39. The third-order valence-corrected chi connectivity index (χ3v) is 8.48. The maximum atomic E-state index is 12.3. The van der Waals surface area contributed by atoms with Crippen molar-refractivity contribution in [3.8, 4) is 0 Å². The molecule has 156 valence electrons. The van der Waals surface area contributed by atoms with Gasteiger partial charge in [-0.2, -0.15) is 0 Å². The summed E-state index contributed by atoms with van der Waals surface area (Å²) in [7, 11) is 0. The van der Waals surface area contributed by atoms with Gasteiger partial charge in [0.15, 0.2) is 10.8 Å². The highest BCUT2D eigenvalue weighted by Gasteiger charge is 2.25. The van der Waals surface area contributed by atoms with E-state index in [2.05, 4.69) is 33.8 Å². The first-order valence-electron chi connectivity index (χ1n) is 10.2. The molecular weight excluding hydrogens is 434 g/mol. The van der Waals surface area contributed by atoms with Crippen LogP contribution in [-0.4, -0.2) is 31.2 Å². The second-order valence-corrected chi connectivity index (χ2v) is 10.8. The van der Waals surface area contributed by atoms with Gasteiger partial charge in [-0.25, -0.2) is 4.98 Å². The molecule has 30 heavy (non-hydrogen) atoms. The van der Waals surface area contributed by atoms with Crippen LogP contribution in [0.3, 0.4) is 0 Å². The Labute approximate surface area is 187 Å². The van der Waals surface area contributed by atoms with Crippen LogP contribution in [0.4, 0.5) is 0 Å². The molecule has 5 rings (SSSR count). The molecule has 0 saturated heterocycles. The number of carbonyl (C=O) groups is 1. The monoisotopic (exact) mass is 457 g/mol. The largest absolute Gasteiger partial charge is 0.350 e. The van der Waals surface area contributed by atoms with Gasteiger partial charge in [-0.3, -0.25) is 9.20 Å². The average Bonchev–Trinajstić information content (AvgIpc) is 3.47. The van der Waals surface area contributed by atoms with E-state index in [9.17, 15) is 4.79 Å². The lowest BCUT2D eigenvalue weighted by molar-refractivity contribution is -0.118. The van der Waals surface area contributed by atoms with Crippen molar-refractivity contribution in [1.29, 1.82) is 0 Å². The van der Waals surface area contributed by atoms with Crippen molar-refractivity contribution < 1.29 is 4.79 Å². The van der Waals surface area contributed by atoms with E-state index in [1.165, 1.54) is 34.0 Å². The number of hydrogen-bond acceptors (Lipinski definition) is 7. The zero-order valence-corrected chi connectivity index (χ0v) is 19.4. The number of rotatable bonds is 6. The Morgan fingerprint density at radius 1 is 1.40 bits per heavy atom. The summed E-state index contributed by atoms with van der Waals surface area (Å²) in [5.41, 5.74) is 2.30. The SMILES string of the molecule is CCc1nc2sc3c(c2c2nnc(SCC(=O)NCc4cccs4)n12)CC[C@@H](C)C3. The van der Waals surface area contributed by atoms with Gasteiger partial charge < -0.3 is 5.32 Å². The van der Waals surface area contributed by atoms with E-state index in [-0.39, 0.29) is 5.91 Å². The van der Waals surface area contributed by atoms with Crippen molar-refractivity contribution in [2.75, 3.05) is 5.75 Å². The molecule has 0 aliphatic heterocycles. The second kappa shape index (κ2) is 8.28. The highest BCUT2D eigenvalue weighted by atomic mass is 32.2. The number of hydrogen-bond donors (Lipinski definition) is 1. The fourth-order valence-corrected chi connectivity index (χ4v) is 6.81. The van der Waals surface area contributed by atoms with Crippen LogP contribution >= 0.6 is 34.4 Å². The standard InChI is InChI=1S/C21H23N5OS3/c1-3-16-23-20-18(14-7-6-12(2)9-15(14)30-20)19-24-25-21(26(16)19)29-11-17(27)22-10-13-5-4-8-28-13/h4-5,8,12H,3,6-7,9-11H2,1-2H3,(H,22,27)/t12-/m1/s1. The van der Waals surface area contributed by atoms with Gasteiger partial charge >= 0.3 is 0 Å². The molecule has 4 aromatic heterocycles. The molecule has 0 unspecified atom stereocenters. The third-order valence-electron chi connectivity index (χ3n) is 5.53. The summed E-state index contributed by atoms with van der Waals surface area (Å²) < 4.78 is 2.06. The molecule has 0 spiro atoms. The van der Waals surface area contributed by atoms with Crippen molar-refractivity contribution in [1.82, 2.24) is 24.9 Å². The van der Waals surface area contributed by atoms with Crippen LogP contribution in [0.15, 0.2) is 22.7 Å². The summed E-state index contributed by atoms with van der Waals surface area (Å²) in [6.07, 6.45) is 4.21. The molecule has 1 atom stereocenters. The number of aryl methyl sites for hydroxylation is 2. The lowest BCUT2D eigenvalue weighted by Gasteiger charge is -2.17. The number of aromatic nitrogens is 4. The normalized spacial score (nSPS) is 16.3. The fourth-order valence-electron chi connectivity index (χ4n) is 3.99. The van der Waals surface area contributed by atoms with E-state index >= 15 is 0 Å². The van der Waals surface area contributed by atoms with Crippen molar-refractivity contribution in [3.63, 3.8) is 0 Å². The number of carbonyl (C=O) groups excluding carboxylic acids is 1. The first-order chi connectivity index (χ1) is 14.6. The zero-order chi connectivity index (χ0) is 20.7. The summed E-state index contributed by atoms with van der Waals surface area (Å²) in [5.74, 6) is 1.99. The fraction of sp³-hybridized carbons (Fsp3) is 0.429. The molecule has 4 heterocycles. The van der Waals surface area contributed by atoms with Crippen molar-refractivity contribution in [2.45, 2.75) is 51.2 Å². The molecule has 0 saturated carbocycles. The van der Waals surface area contributed by atoms with Crippen molar-refractivity contribution in [3.05, 3.63) is 38.7 Å². The molecular formula is C21H23N5OS3. The minimum absolute atomic E-state index is 0.000800. The van der Waals surface area contributed by atoms with Crippen LogP contribution in [0, 0.1) is 5.92 Å². The lowest BCUT2D eigenvalue weighted by Crippen LogP contribution is -2.24. The van der Waals surface area contributed by atoms with Gasteiger partial charge in [0.2, 0.25) is 5.91 Å². The van der Waals surface area contributed by atoms with Gasteiger partial charge in [-0.15, -0.1) is 32.9 Å². The number of amides is 1. The maximum Gasteiger partial charge on any atom is 0.230 e. The van der Waals surface area contributed by atoms with Crippen molar-refractivity contribution in [2.24, 2.45) is 5.92 Å². The topological polar surface area (TPSA) is 72.2 Å². The zero-order valence-electron chi connectivity index (χ0n) is 17.0. The summed E-state index contributed by atoms with van der Waals surface area (Å²) >= 11 is 4.89. The minimum Gasteiger partial charge on any atom is -0.350 e. The number of thiophene rings is 2. The lowest BCUT2D eigenvalue weighted by atomic mass is 9.89. The maximum absolute atomic E-state index is 12.3. The van der Waals surface area contributed by atoms with Gasteiger partial charge in [-0.05, 0) is 42.2 Å². The molecule has 1 aliphatic rings. The molecule has 0 radical (unpaired) electrons. The van der Waals surface area contributed by atoms with E-state index in [0.717, 1.165) is 51.5 Å². The summed E-state index contributed by atoms with van der Waals surface area (Å²) in [6, 6.07) is 4.02. The van der Waals surface area contributed by atoms with Gasteiger partial charge in [0.25, 0.3) is 0 Å². The quantitative estimate of drug-likeness (QED) is 0.432. The Bertz CT molecular complexity index is 1210. The number of nitrogens with one attached hydrogen (secondary N) is 1. The van der Waals surface area contributed by atoms with Crippen molar-refractivity contribution >= 4 is 56.2 Å². The number of fused-ring (bicyclic) bond motifs is 5. The smallest absolute Gasteiger partial charge is 0.230 e. The minimum atomic E-state index is -0.000800. The summed E-state index contributed by atoms with van der Waals surface area (Å²) in [6.45, 7) is 4.99. The molecule has 0 fully saturated rings. The molecule has 4 aromatic rings. The van der Waals surface area contributed by atoms with Gasteiger partial charge in [-0.1, -0.05) is 31.7 Å². The predicted molar refractivity (Wildman–Crippen MR) is 124 cm³/mol. The van der Waals surface area contributed by atoms with Gasteiger partial charge in [0.05, 0.1) is 17.7 Å². The van der Waals surface area contributed by atoms with E-state index in [1.807, 2.05) is 28.8 Å². The van der Waals surface area contributed by atoms with Crippen LogP contribution in [0.1, 0.15) is 41.4 Å². The predicted octanol–water partition coefficient (Wildman–Crippen LogP) is 4.50. The molecule has 0 aromatic carbocycles. The van der Waals surface area contributed by atoms with Crippen LogP contribution in [0.25, 0.3) is 15.9 Å². The Morgan fingerprint density at radius 2 is 2.30 bits per heavy atom. The van der Waals surface area contributed by atoms with E-state index < -0.39 is 0 Å². The first-order valence-corrected chi connectivity index (χ1v) is 12.9. The van der Waals surface area contributed by atoms with Crippen LogP contribution < -0.4 is 5.32 Å². The van der Waals surface area contributed by atoms with E-state index in [0.29, 0.717) is 12.3 Å². The van der Waals surface area contributed by atoms with E-state index in [4.69, 9.17) is 4.98 Å². The average molecular weight is 458 g/mol. The second-order valence-electron chi connectivity index (χ2n) is 7.70. The van der Waals surface area contributed by atoms with Gasteiger partial charge in [0.1, 0.15) is 10.7 Å².